The maximum atomic E-state index is 12.7. The van der Waals surface area contributed by atoms with Crippen LogP contribution < -0.4 is 11.1 Å². The molecule has 38 heavy (non-hydrogen) atoms. The van der Waals surface area contributed by atoms with Gasteiger partial charge >= 0.3 is 6.18 Å². The minimum atomic E-state index is -4.71. The Morgan fingerprint density at radius 1 is 1.24 bits per heavy atom. The SMILES string of the molecule is CCC(=O)N1CCCC(c2nc(-c3ccc(C(=O)Nc4cc(C(F)(F)F)on4)cc3)c3c(N)nccn23)C1. The molecule has 0 saturated carbocycles. The highest BCUT2D eigenvalue weighted by molar-refractivity contribution is 6.04. The average Bonchev–Trinajstić information content (AvgIpc) is 3.54. The molecule has 5 rings (SSSR count). The predicted octanol–water partition coefficient (Wildman–Crippen LogP) is 4.35. The summed E-state index contributed by atoms with van der Waals surface area (Å²) in [5.41, 5.74) is 8.28. The molecule has 1 fully saturated rings. The number of carbonyl (C=O) groups excluding carboxylic acids is 2. The fourth-order valence-corrected chi connectivity index (χ4v) is 4.65. The number of nitrogen functional groups attached to an aromatic ring is 1. The highest BCUT2D eigenvalue weighted by Gasteiger charge is 2.36. The summed E-state index contributed by atoms with van der Waals surface area (Å²) in [5.74, 6) is -1.14. The van der Waals surface area contributed by atoms with E-state index in [4.69, 9.17) is 10.7 Å². The van der Waals surface area contributed by atoms with E-state index in [1.165, 1.54) is 12.1 Å². The summed E-state index contributed by atoms with van der Waals surface area (Å²) in [5, 5.41) is 5.53. The first-order valence-corrected chi connectivity index (χ1v) is 12.0. The number of aromatic nitrogens is 4. The van der Waals surface area contributed by atoms with Gasteiger partial charge in [0.15, 0.2) is 5.82 Å². The molecule has 4 aromatic rings. The molecule has 4 heterocycles. The molecule has 3 N–H and O–H groups in total. The number of likely N-dealkylation sites (tertiary alicyclic amines) is 1. The Bertz CT molecular complexity index is 1490. The lowest BCUT2D eigenvalue weighted by Crippen LogP contribution is -2.39. The van der Waals surface area contributed by atoms with Crippen LogP contribution >= 0.6 is 0 Å². The summed E-state index contributed by atoms with van der Waals surface area (Å²) in [6.45, 7) is 3.12. The fourth-order valence-electron chi connectivity index (χ4n) is 4.65. The number of nitrogens with one attached hydrogen (secondary N) is 1. The number of nitrogens with zero attached hydrogens (tertiary/aromatic N) is 5. The van der Waals surface area contributed by atoms with Crippen LogP contribution in [0.2, 0.25) is 0 Å². The third-order valence-corrected chi connectivity index (χ3v) is 6.50. The van der Waals surface area contributed by atoms with Gasteiger partial charge in [0.2, 0.25) is 11.7 Å². The van der Waals surface area contributed by atoms with Gasteiger partial charge in [-0.2, -0.15) is 13.2 Å². The normalized spacial score (nSPS) is 16.1. The zero-order valence-electron chi connectivity index (χ0n) is 20.3. The fraction of sp³-hybridized carbons (Fsp3) is 0.320. The summed E-state index contributed by atoms with van der Waals surface area (Å²) in [6, 6.07) is 7.00. The van der Waals surface area contributed by atoms with Crippen molar-refractivity contribution in [1.82, 2.24) is 24.4 Å². The average molecular weight is 528 g/mol. The van der Waals surface area contributed by atoms with E-state index >= 15 is 0 Å². The highest BCUT2D eigenvalue weighted by Crippen LogP contribution is 2.34. The van der Waals surface area contributed by atoms with Crippen LogP contribution in [0.5, 0.6) is 0 Å². The van der Waals surface area contributed by atoms with Gasteiger partial charge in [0.1, 0.15) is 22.9 Å². The zero-order chi connectivity index (χ0) is 27.0. The van der Waals surface area contributed by atoms with Crippen LogP contribution in [0.15, 0.2) is 47.2 Å². The van der Waals surface area contributed by atoms with Crippen molar-refractivity contribution in [3.05, 3.63) is 59.9 Å². The van der Waals surface area contributed by atoms with Gasteiger partial charge < -0.3 is 20.5 Å². The number of alkyl halides is 3. The Balaban J connectivity index is 1.42. The molecule has 1 aliphatic heterocycles. The molecule has 2 amide bonds. The number of anilines is 2. The van der Waals surface area contributed by atoms with Gasteiger partial charge in [-0.05, 0) is 25.0 Å². The molecule has 0 bridgehead atoms. The minimum absolute atomic E-state index is 0.0106. The maximum Gasteiger partial charge on any atom is 0.452 e. The lowest BCUT2D eigenvalue weighted by molar-refractivity contribution is -0.155. The summed E-state index contributed by atoms with van der Waals surface area (Å²) in [6.07, 6.45) is 0.843. The van der Waals surface area contributed by atoms with E-state index < -0.39 is 17.8 Å². The third kappa shape index (κ3) is 4.78. The van der Waals surface area contributed by atoms with Crippen LogP contribution in [-0.2, 0) is 11.0 Å². The van der Waals surface area contributed by atoms with Gasteiger partial charge in [0.25, 0.3) is 5.91 Å². The summed E-state index contributed by atoms with van der Waals surface area (Å²) >= 11 is 0. The zero-order valence-corrected chi connectivity index (χ0v) is 20.3. The number of fused-ring (bicyclic) bond motifs is 1. The van der Waals surface area contributed by atoms with Crippen molar-refractivity contribution in [2.45, 2.75) is 38.3 Å². The number of nitrogens with two attached hydrogens (primary N) is 1. The third-order valence-electron chi connectivity index (χ3n) is 6.50. The minimum Gasteiger partial charge on any atom is -0.382 e. The molecule has 1 aliphatic rings. The largest absolute Gasteiger partial charge is 0.452 e. The smallest absolute Gasteiger partial charge is 0.382 e. The molecule has 0 radical (unpaired) electrons. The molecule has 1 atom stereocenters. The first kappa shape index (κ1) is 25.2. The van der Waals surface area contributed by atoms with Crippen molar-refractivity contribution >= 4 is 29.0 Å². The Morgan fingerprint density at radius 3 is 2.68 bits per heavy atom. The molecule has 3 aromatic heterocycles. The van der Waals surface area contributed by atoms with Gasteiger partial charge in [0.05, 0.1) is 0 Å². The van der Waals surface area contributed by atoms with Gasteiger partial charge in [0, 0.05) is 55.0 Å². The van der Waals surface area contributed by atoms with Gasteiger partial charge in [-0.15, -0.1) is 0 Å². The van der Waals surface area contributed by atoms with Crippen molar-refractivity contribution in [3.8, 4) is 11.3 Å². The van der Waals surface area contributed by atoms with Crippen molar-refractivity contribution in [1.29, 1.82) is 0 Å². The van der Waals surface area contributed by atoms with E-state index in [1.807, 2.05) is 16.2 Å². The van der Waals surface area contributed by atoms with Gasteiger partial charge in [-0.25, -0.2) is 9.97 Å². The van der Waals surface area contributed by atoms with E-state index in [0.717, 1.165) is 25.2 Å². The number of hydrogen-bond acceptors (Lipinski definition) is 7. The van der Waals surface area contributed by atoms with Crippen LogP contribution in [0.4, 0.5) is 24.8 Å². The lowest BCUT2D eigenvalue weighted by Gasteiger charge is -2.32. The van der Waals surface area contributed by atoms with Gasteiger partial charge in [-0.1, -0.05) is 24.2 Å². The van der Waals surface area contributed by atoms with Crippen LogP contribution in [0.1, 0.15) is 54.0 Å². The number of halogens is 3. The van der Waals surface area contributed by atoms with Crippen molar-refractivity contribution < 1.29 is 27.3 Å². The van der Waals surface area contributed by atoms with Gasteiger partial charge in [-0.3, -0.25) is 14.0 Å². The van der Waals surface area contributed by atoms with E-state index in [-0.39, 0.29) is 29.0 Å². The van der Waals surface area contributed by atoms with Crippen molar-refractivity contribution in [2.24, 2.45) is 0 Å². The van der Waals surface area contributed by atoms with E-state index in [2.05, 4.69) is 20.0 Å². The highest BCUT2D eigenvalue weighted by atomic mass is 19.4. The molecule has 1 saturated heterocycles. The standard InChI is InChI=1S/C25H24F3N7O3/c1-2-19(36)34-10-3-4-16(13-34)23-32-20(21-22(29)30-9-11-35(21)23)14-5-7-15(8-6-14)24(37)31-18-12-17(38-33-18)25(26,27)28/h5-9,11-12,16H,2-4,10,13H2,1H3,(H2,29,30)(H,31,33,37). The first-order valence-electron chi connectivity index (χ1n) is 12.0. The lowest BCUT2D eigenvalue weighted by atomic mass is 9.97. The molecule has 0 aliphatic carbocycles. The number of hydrogen-bond donors (Lipinski definition) is 2. The van der Waals surface area contributed by atoms with Crippen molar-refractivity contribution in [3.63, 3.8) is 0 Å². The molecular formula is C25H24F3N7O3. The topological polar surface area (TPSA) is 132 Å². The first-order chi connectivity index (χ1) is 18.2. The monoisotopic (exact) mass is 527 g/mol. The molecule has 10 nitrogen and oxygen atoms in total. The summed E-state index contributed by atoms with van der Waals surface area (Å²) in [7, 11) is 0. The Hall–Kier alpha value is -4.42. The van der Waals surface area contributed by atoms with E-state index in [9.17, 15) is 22.8 Å². The molecule has 198 valence electrons. The van der Waals surface area contributed by atoms with E-state index in [0.29, 0.717) is 35.8 Å². The maximum absolute atomic E-state index is 12.7. The quantitative estimate of drug-likeness (QED) is 0.394. The summed E-state index contributed by atoms with van der Waals surface area (Å²) in [4.78, 5) is 35.8. The predicted molar refractivity (Wildman–Crippen MR) is 131 cm³/mol. The molecule has 1 unspecified atom stereocenters. The van der Waals surface area contributed by atoms with Crippen LogP contribution in [0.25, 0.3) is 16.8 Å². The van der Waals surface area contributed by atoms with E-state index in [1.54, 1.807) is 24.5 Å². The second kappa shape index (κ2) is 9.80. The second-order valence-electron chi connectivity index (χ2n) is 8.99. The number of carbonyl (C=O) groups is 2. The number of rotatable bonds is 5. The molecule has 0 spiro atoms. The second-order valence-corrected chi connectivity index (χ2v) is 8.99. The van der Waals surface area contributed by atoms with Crippen molar-refractivity contribution in [2.75, 3.05) is 24.1 Å². The number of piperidine rings is 1. The molecular weight excluding hydrogens is 503 g/mol. The molecule has 13 heteroatoms. The Kier molecular flexibility index (Phi) is 6.51. The van der Waals surface area contributed by atoms with Crippen LogP contribution in [0.3, 0.4) is 0 Å². The summed E-state index contributed by atoms with van der Waals surface area (Å²) < 4.78 is 44.3. The number of imidazole rings is 1. The number of amides is 2. The Labute approximate surface area is 214 Å². The molecule has 1 aromatic carbocycles. The number of benzene rings is 1. The van der Waals surface area contributed by atoms with Crippen LogP contribution in [0, 0.1) is 0 Å². The van der Waals surface area contributed by atoms with Crippen LogP contribution in [-0.4, -0.2) is 49.3 Å². The Morgan fingerprint density at radius 2 is 2.00 bits per heavy atom.